The van der Waals surface area contributed by atoms with Gasteiger partial charge >= 0.3 is 0 Å². The second-order valence-electron chi connectivity index (χ2n) is 7.57. The lowest BCUT2D eigenvalue weighted by Crippen LogP contribution is -2.38. The summed E-state index contributed by atoms with van der Waals surface area (Å²) in [5.74, 6) is 3.05. The van der Waals surface area contributed by atoms with Gasteiger partial charge in [0.2, 0.25) is 11.8 Å². The van der Waals surface area contributed by atoms with Gasteiger partial charge in [0.25, 0.3) is 0 Å². The Morgan fingerprint density at radius 2 is 2.04 bits per heavy atom. The average molecular weight is 400 g/mol. The van der Waals surface area contributed by atoms with Gasteiger partial charge in [-0.25, -0.2) is 0 Å². The summed E-state index contributed by atoms with van der Waals surface area (Å²) >= 11 is 5.39. The van der Waals surface area contributed by atoms with Crippen molar-refractivity contribution < 1.29 is 4.74 Å². The number of anilines is 2. The summed E-state index contributed by atoms with van der Waals surface area (Å²) in [5.41, 5.74) is 0. The fraction of sp³-hybridized carbons (Fsp3) is 0.476. The molecule has 0 radical (unpaired) electrons. The van der Waals surface area contributed by atoms with E-state index in [0.717, 1.165) is 31.1 Å². The summed E-state index contributed by atoms with van der Waals surface area (Å²) in [5, 5.41) is 6.82. The molecule has 150 valence electrons. The van der Waals surface area contributed by atoms with Gasteiger partial charge < -0.3 is 20.3 Å². The Labute approximate surface area is 172 Å². The van der Waals surface area contributed by atoms with E-state index >= 15 is 0 Å². The highest BCUT2D eigenvalue weighted by Gasteiger charge is 2.21. The molecular formula is C21H29N5OS. The van der Waals surface area contributed by atoms with Crippen LogP contribution in [0, 0.1) is 5.92 Å². The Morgan fingerprint density at radius 3 is 2.75 bits per heavy atom. The van der Waals surface area contributed by atoms with Crippen LogP contribution in [0.5, 0.6) is 11.6 Å². The third-order valence-electron chi connectivity index (χ3n) is 4.65. The van der Waals surface area contributed by atoms with Gasteiger partial charge in [0.1, 0.15) is 11.6 Å². The van der Waals surface area contributed by atoms with Crippen LogP contribution >= 0.6 is 12.2 Å². The number of benzene rings is 1. The maximum absolute atomic E-state index is 5.98. The molecule has 2 aromatic rings. The Kier molecular flexibility index (Phi) is 7.03. The number of hydrogen-bond acceptors (Lipinski definition) is 5. The van der Waals surface area contributed by atoms with Crippen molar-refractivity contribution in [2.75, 3.05) is 23.3 Å². The first kappa shape index (κ1) is 20.3. The molecule has 7 heteroatoms. The Balaban J connectivity index is 1.83. The summed E-state index contributed by atoms with van der Waals surface area (Å²) in [4.78, 5) is 11.5. The minimum atomic E-state index is 0.437. The van der Waals surface area contributed by atoms with Crippen molar-refractivity contribution in [2.24, 2.45) is 5.92 Å². The number of ether oxygens (including phenoxy) is 1. The lowest BCUT2D eigenvalue weighted by atomic mass is 10.0. The van der Waals surface area contributed by atoms with Gasteiger partial charge in [0.05, 0.1) is 0 Å². The van der Waals surface area contributed by atoms with Gasteiger partial charge in [-0.2, -0.15) is 9.97 Å². The molecule has 2 heterocycles. The van der Waals surface area contributed by atoms with Crippen molar-refractivity contribution in [1.82, 2.24) is 15.3 Å². The number of aromatic nitrogens is 2. The summed E-state index contributed by atoms with van der Waals surface area (Å²) in [6, 6.07) is 12.0. The number of nitrogens with one attached hydrogen (secondary N) is 2. The van der Waals surface area contributed by atoms with E-state index in [1.54, 1.807) is 0 Å². The number of nitrogens with zero attached hydrogens (tertiary/aromatic N) is 3. The molecule has 1 saturated heterocycles. The Morgan fingerprint density at radius 1 is 1.25 bits per heavy atom. The van der Waals surface area contributed by atoms with Gasteiger partial charge in [-0.15, -0.1) is 0 Å². The van der Waals surface area contributed by atoms with E-state index in [9.17, 15) is 0 Å². The van der Waals surface area contributed by atoms with Crippen LogP contribution in [0.4, 0.5) is 11.8 Å². The third kappa shape index (κ3) is 5.79. The molecule has 1 unspecified atom stereocenters. The molecule has 0 spiro atoms. The Bertz CT molecular complexity index is 784. The molecule has 6 nitrogen and oxygen atoms in total. The molecule has 1 aromatic heterocycles. The molecule has 1 atom stereocenters. The molecule has 0 amide bonds. The van der Waals surface area contributed by atoms with E-state index in [1.165, 1.54) is 12.8 Å². The van der Waals surface area contributed by atoms with Crippen molar-refractivity contribution in [2.45, 2.75) is 46.1 Å². The van der Waals surface area contributed by atoms with Gasteiger partial charge in [-0.3, -0.25) is 0 Å². The molecule has 28 heavy (non-hydrogen) atoms. The van der Waals surface area contributed by atoms with Crippen LogP contribution in [0.25, 0.3) is 0 Å². The van der Waals surface area contributed by atoms with Crippen LogP contribution in [0.1, 0.15) is 40.0 Å². The number of para-hydroxylation sites is 1. The molecule has 0 bridgehead atoms. The number of hydrogen-bond donors (Lipinski definition) is 2. The standard InChI is InChI=1S/C21H29N5OS/c1-15(2)14-22-21(28)25-20-23-18(26-12-8-7-9-16(26)3)13-19(24-20)27-17-10-5-4-6-11-17/h4-6,10-11,13,15-16H,7-9,12,14H2,1-3H3,(H2,22,23,24,25,28). The van der Waals surface area contributed by atoms with Gasteiger partial charge in [0.15, 0.2) is 5.11 Å². The van der Waals surface area contributed by atoms with Crippen LogP contribution in [-0.4, -0.2) is 34.2 Å². The van der Waals surface area contributed by atoms with E-state index in [1.807, 2.05) is 36.4 Å². The number of thiocarbonyl (C=S) groups is 1. The van der Waals surface area contributed by atoms with Crippen molar-refractivity contribution in [3.05, 3.63) is 36.4 Å². The zero-order chi connectivity index (χ0) is 19.9. The molecule has 3 rings (SSSR count). The maximum atomic E-state index is 5.98. The van der Waals surface area contributed by atoms with E-state index < -0.39 is 0 Å². The lowest BCUT2D eigenvalue weighted by Gasteiger charge is -2.34. The topological polar surface area (TPSA) is 62.3 Å². The van der Waals surface area contributed by atoms with Gasteiger partial charge in [-0.05, 0) is 56.5 Å². The van der Waals surface area contributed by atoms with Crippen LogP contribution in [-0.2, 0) is 0 Å². The van der Waals surface area contributed by atoms with Crippen molar-refractivity contribution in [3.8, 4) is 11.6 Å². The smallest absolute Gasteiger partial charge is 0.234 e. The summed E-state index contributed by atoms with van der Waals surface area (Å²) in [6.45, 7) is 8.29. The summed E-state index contributed by atoms with van der Waals surface area (Å²) in [6.07, 6.45) is 3.58. The maximum Gasteiger partial charge on any atom is 0.234 e. The highest BCUT2D eigenvalue weighted by Crippen LogP contribution is 2.28. The lowest BCUT2D eigenvalue weighted by molar-refractivity contribution is 0.457. The van der Waals surface area contributed by atoms with Crippen molar-refractivity contribution in [3.63, 3.8) is 0 Å². The fourth-order valence-electron chi connectivity index (χ4n) is 3.16. The normalized spacial score (nSPS) is 16.7. The average Bonchev–Trinajstić information content (AvgIpc) is 2.67. The minimum Gasteiger partial charge on any atom is -0.439 e. The molecule has 2 N–H and O–H groups in total. The second-order valence-corrected chi connectivity index (χ2v) is 7.98. The van der Waals surface area contributed by atoms with E-state index in [-0.39, 0.29) is 0 Å². The molecule has 1 fully saturated rings. The van der Waals surface area contributed by atoms with Crippen LogP contribution < -0.4 is 20.3 Å². The number of rotatable bonds is 6. The summed E-state index contributed by atoms with van der Waals surface area (Å²) < 4.78 is 5.98. The summed E-state index contributed by atoms with van der Waals surface area (Å²) in [7, 11) is 0. The third-order valence-corrected chi connectivity index (χ3v) is 4.89. The van der Waals surface area contributed by atoms with Crippen LogP contribution in [0.2, 0.25) is 0 Å². The predicted molar refractivity (Wildman–Crippen MR) is 118 cm³/mol. The van der Waals surface area contributed by atoms with Gasteiger partial charge in [-0.1, -0.05) is 32.0 Å². The molecule has 0 saturated carbocycles. The zero-order valence-corrected chi connectivity index (χ0v) is 17.6. The minimum absolute atomic E-state index is 0.437. The second kappa shape index (κ2) is 9.68. The fourth-order valence-corrected chi connectivity index (χ4v) is 3.33. The van der Waals surface area contributed by atoms with E-state index in [2.05, 4.69) is 41.3 Å². The molecule has 0 aliphatic carbocycles. The van der Waals surface area contributed by atoms with E-state index in [4.69, 9.17) is 21.9 Å². The van der Waals surface area contributed by atoms with Gasteiger partial charge in [0, 0.05) is 25.2 Å². The monoisotopic (exact) mass is 399 g/mol. The van der Waals surface area contributed by atoms with Crippen molar-refractivity contribution in [1.29, 1.82) is 0 Å². The highest BCUT2D eigenvalue weighted by molar-refractivity contribution is 7.80. The first-order chi connectivity index (χ1) is 13.5. The Hall–Kier alpha value is -2.41. The first-order valence-corrected chi connectivity index (χ1v) is 10.4. The molecule has 1 aliphatic heterocycles. The highest BCUT2D eigenvalue weighted by atomic mass is 32.1. The molecule has 1 aromatic carbocycles. The van der Waals surface area contributed by atoms with Crippen LogP contribution in [0.3, 0.4) is 0 Å². The van der Waals surface area contributed by atoms with E-state index in [0.29, 0.717) is 28.9 Å². The van der Waals surface area contributed by atoms with Crippen molar-refractivity contribution >= 4 is 29.1 Å². The largest absolute Gasteiger partial charge is 0.439 e. The first-order valence-electron chi connectivity index (χ1n) is 9.94. The molecular weight excluding hydrogens is 370 g/mol. The van der Waals surface area contributed by atoms with Crippen LogP contribution in [0.15, 0.2) is 36.4 Å². The zero-order valence-electron chi connectivity index (χ0n) is 16.8. The molecule has 1 aliphatic rings. The SMILES string of the molecule is CC(C)CNC(=S)Nc1nc(Oc2ccccc2)cc(N2CCCCC2C)n1. The predicted octanol–water partition coefficient (Wildman–Crippen LogP) is 4.59. The number of piperidine rings is 1. The quantitative estimate of drug-likeness (QED) is 0.689.